The van der Waals surface area contributed by atoms with Gasteiger partial charge in [-0.15, -0.1) is 11.3 Å². The molecule has 0 bridgehead atoms. The zero-order valence-electron chi connectivity index (χ0n) is 11.4. The van der Waals surface area contributed by atoms with Crippen molar-refractivity contribution >= 4 is 17.2 Å². The van der Waals surface area contributed by atoms with Gasteiger partial charge < -0.3 is 15.4 Å². The molecule has 2 N–H and O–H groups in total. The minimum absolute atomic E-state index is 0.0112. The van der Waals surface area contributed by atoms with Crippen molar-refractivity contribution in [1.82, 2.24) is 15.6 Å². The minimum Gasteiger partial charge on any atom is -0.375 e. The molecule has 0 aliphatic carbocycles. The maximum absolute atomic E-state index is 11.8. The number of nitrogens with one attached hydrogen (secondary N) is 2. The molecular weight excluding hydrogens is 262 g/mol. The molecule has 1 aromatic rings. The Morgan fingerprint density at radius 3 is 3.26 bits per heavy atom. The quantitative estimate of drug-likeness (QED) is 0.832. The van der Waals surface area contributed by atoms with Crippen molar-refractivity contribution in [3.05, 3.63) is 16.1 Å². The molecule has 106 valence electrons. The van der Waals surface area contributed by atoms with Crippen LogP contribution in [0.2, 0.25) is 0 Å². The second-order valence-corrected chi connectivity index (χ2v) is 5.72. The normalized spacial score (nSPS) is 20.4. The van der Waals surface area contributed by atoms with Crippen molar-refractivity contribution in [2.24, 2.45) is 0 Å². The van der Waals surface area contributed by atoms with Gasteiger partial charge in [0.1, 0.15) is 11.1 Å². The van der Waals surface area contributed by atoms with Crippen LogP contribution in [0.25, 0.3) is 0 Å². The molecule has 2 rings (SSSR count). The summed E-state index contributed by atoms with van der Waals surface area (Å²) < 4.78 is 5.22. The number of aromatic nitrogens is 1. The van der Waals surface area contributed by atoms with Crippen LogP contribution in [0.3, 0.4) is 0 Å². The average Bonchev–Trinajstić information content (AvgIpc) is 3.06. The number of hydrogen-bond donors (Lipinski definition) is 2. The summed E-state index contributed by atoms with van der Waals surface area (Å²) in [6, 6.07) is 0.347. The zero-order valence-corrected chi connectivity index (χ0v) is 12.3. The van der Waals surface area contributed by atoms with Gasteiger partial charge in [0.15, 0.2) is 0 Å². The van der Waals surface area contributed by atoms with Gasteiger partial charge in [-0.1, -0.05) is 0 Å². The fraction of sp³-hybridized carbons (Fsp3) is 0.692. The first-order valence-corrected chi connectivity index (χ1v) is 7.54. The van der Waals surface area contributed by atoms with E-state index in [0.29, 0.717) is 19.0 Å². The van der Waals surface area contributed by atoms with Crippen molar-refractivity contribution in [3.8, 4) is 0 Å². The van der Waals surface area contributed by atoms with Crippen LogP contribution in [0.5, 0.6) is 0 Å². The van der Waals surface area contributed by atoms with Crippen molar-refractivity contribution in [3.63, 3.8) is 0 Å². The summed E-state index contributed by atoms with van der Waals surface area (Å²) in [6.45, 7) is 3.49. The van der Waals surface area contributed by atoms with Crippen LogP contribution in [0, 0.1) is 0 Å². The van der Waals surface area contributed by atoms with Crippen LogP contribution < -0.4 is 10.6 Å². The number of ether oxygens (including phenoxy) is 1. The Morgan fingerprint density at radius 1 is 1.74 bits per heavy atom. The third kappa shape index (κ3) is 4.26. The van der Waals surface area contributed by atoms with Gasteiger partial charge in [-0.3, -0.25) is 4.79 Å². The lowest BCUT2D eigenvalue weighted by atomic mass is 10.1. The Balaban J connectivity index is 1.75. The van der Waals surface area contributed by atoms with Gasteiger partial charge in [0.25, 0.3) is 0 Å². The summed E-state index contributed by atoms with van der Waals surface area (Å²) >= 11 is 1.57. The smallest absolute Gasteiger partial charge is 0.221 e. The molecule has 0 saturated carbocycles. The molecule has 0 radical (unpaired) electrons. The molecule has 0 spiro atoms. The summed E-state index contributed by atoms with van der Waals surface area (Å²) in [5.74, 6) is 0.0914. The summed E-state index contributed by atoms with van der Waals surface area (Å²) in [4.78, 5) is 16.2. The number of carbonyl (C=O) groups excluding carboxylic acids is 1. The summed E-state index contributed by atoms with van der Waals surface area (Å²) in [6.07, 6.45) is 2.84. The molecule has 5 nitrogen and oxygen atoms in total. The molecule has 2 atom stereocenters. The molecule has 2 unspecified atom stereocenters. The van der Waals surface area contributed by atoms with Gasteiger partial charge in [0, 0.05) is 25.0 Å². The van der Waals surface area contributed by atoms with Gasteiger partial charge >= 0.3 is 0 Å². The van der Waals surface area contributed by atoms with Gasteiger partial charge in [0.05, 0.1) is 12.2 Å². The summed E-state index contributed by atoms with van der Waals surface area (Å²) in [5.41, 5.74) is 0.900. The second-order valence-electron chi connectivity index (χ2n) is 4.83. The molecule has 1 amide bonds. The molecule has 1 aromatic heterocycles. The monoisotopic (exact) mass is 283 g/mol. The largest absolute Gasteiger partial charge is 0.375 e. The first-order chi connectivity index (χ1) is 9.19. The SMILES string of the molecule is COC(C)c1nc(CNC(=O)CC2CCCN2)cs1. The number of methoxy groups -OCH3 is 1. The Bertz CT molecular complexity index is 416. The number of nitrogens with zero attached hydrogens (tertiary/aromatic N) is 1. The highest BCUT2D eigenvalue weighted by atomic mass is 32.1. The lowest BCUT2D eigenvalue weighted by Crippen LogP contribution is -2.31. The molecule has 1 aliphatic heterocycles. The Kier molecular flexibility index (Phi) is 5.30. The minimum atomic E-state index is 0.0112. The maximum Gasteiger partial charge on any atom is 0.221 e. The van der Waals surface area contributed by atoms with Crippen LogP contribution in [-0.4, -0.2) is 30.6 Å². The van der Waals surface area contributed by atoms with E-state index in [1.54, 1.807) is 18.4 Å². The molecule has 2 heterocycles. The average molecular weight is 283 g/mol. The lowest BCUT2D eigenvalue weighted by molar-refractivity contribution is -0.121. The van der Waals surface area contributed by atoms with Gasteiger partial charge in [-0.25, -0.2) is 4.98 Å². The molecule has 1 saturated heterocycles. The number of amides is 1. The van der Waals surface area contributed by atoms with E-state index in [0.717, 1.165) is 23.7 Å². The molecule has 1 aliphatic rings. The topological polar surface area (TPSA) is 63.2 Å². The Morgan fingerprint density at radius 2 is 2.58 bits per heavy atom. The van der Waals surface area contributed by atoms with Crippen molar-refractivity contribution in [2.45, 2.75) is 44.9 Å². The number of rotatable bonds is 6. The van der Waals surface area contributed by atoms with E-state index in [9.17, 15) is 4.79 Å². The fourth-order valence-corrected chi connectivity index (χ4v) is 2.96. The number of carbonyl (C=O) groups is 1. The van der Waals surface area contributed by atoms with E-state index >= 15 is 0 Å². The van der Waals surface area contributed by atoms with Gasteiger partial charge in [0.2, 0.25) is 5.91 Å². The van der Waals surface area contributed by atoms with Crippen molar-refractivity contribution in [1.29, 1.82) is 0 Å². The van der Waals surface area contributed by atoms with Crippen molar-refractivity contribution in [2.75, 3.05) is 13.7 Å². The standard InChI is InChI=1S/C13H21N3O2S/c1-9(18-2)13-16-11(8-19-13)7-15-12(17)6-10-4-3-5-14-10/h8-10,14H,3-7H2,1-2H3,(H,15,17). The Labute approximate surface area is 117 Å². The molecule has 6 heteroatoms. The van der Waals surface area contributed by atoms with Crippen LogP contribution >= 0.6 is 11.3 Å². The second kappa shape index (κ2) is 6.98. The molecule has 19 heavy (non-hydrogen) atoms. The third-order valence-corrected chi connectivity index (χ3v) is 4.39. The van der Waals surface area contributed by atoms with Gasteiger partial charge in [-0.2, -0.15) is 0 Å². The predicted octanol–water partition coefficient (Wildman–Crippen LogP) is 1.61. The van der Waals surface area contributed by atoms with Gasteiger partial charge in [-0.05, 0) is 26.3 Å². The molecule has 0 aromatic carbocycles. The van der Waals surface area contributed by atoms with E-state index in [4.69, 9.17) is 4.74 Å². The van der Waals surface area contributed by atoms with Crippen LogP contribution in [0.1, 0.15) is 43.0 Å². The van der Waals surface area contributed by atoms with Crippen molar-refractivity contribution < 1.29 is 9.53 Å². The van der Waals surface area contributed by atoms with E-state index in [1.807, 2.05) is 12.3 Å². The third-order valence-electron chi connectivity index (χ3n) is 3.33. The summed E-state index contributed by atoms with van der Waals surface area (Å²) in [7, 11) is 1.67. The highest BCUT2D eigenvalue weighted by Crippen LogP contribution is 2.20. The van der Waals surface area contributed by atoms with Crippen LogP contribution in [-0.2, 0) is 16.1 Å². The first kappa shape index (κ1) is 14.4. The number of hydrogen-bond acceptors (Lipinski definition) is 5. The molecule has 1 fully saturated rings. The fourth-order valence-electron chi connectivity index (χ4n) is 2.11. The zero-order chi connectivity index (χ0) is 13.7. The van der Waals surface area contributed by atoms with E-state index < -0.39 is 0 Å². The Hall–Kier alpha value is -0.980. The number of thiazole rings is 1. The first-order valence-electron chi connectivity index (χ1n) is 6.66. The van der Waals surface area contributed by atoms with Crippen LogP contribution in [0.15, 0.2) is 5.38 Å². The maximum atomic E-state index is 11.8. The van der Waals surface area contributed by atoms with E-state index in [1.165, 1.54) is 6.42 Å². The summed E-state index contributed by atoms with van der Waals surface area (Å²) in [5, 5.41) is 9.16. The lowest BCUT2D eigenvalue weighted by Gasteiger charge is -2.09. The van der Waals surface area contributed by atoms with E-state index in [2.05, 4.69) is 15.6 Å². The molecular formula is C13H21N3O2S. The van der Waals surface area contributed by atoms with E-state index in [-0.39, 0.29) is 12.0 Å². The highest BCUT2D eigenvalue weighted by Gasteiger charge is 2.17. The predicted molar refractivity (Wildman–Crippen MR) is 75.0 cm³/mol. The van der Waals surface area contributed by atoms with Crippen LogP contribution in [0.4, 0.5) is 0 Å². The highest BCUT2D eigenvalue weighted by molar-refractivity contribution is 7.09.